The molecule has 164 valence electrons. The van der Waals surface area contributed by atoms with Crippen molar-refractivity contribution >= 4 is 0 Å². The smallest absolute Gasteiger partial charge is 0.0462 e. The molecular formula is C28H46O. The zero-order valence-electron chi connectivity index (χ0n) is 20.5. The van der Waals surface area contributed by atoms with Crippen molar-refractivity contribution in [3.8, 4) is 0 Å². The third-order valence-electron chi connectivity index (χ3n) is 6.86. The van der Waals surface area contributed by atoms with Gasteiger partial charge in [-0.3, -0.25) is 0 Å². The average molecular weight is 399 g/mol. The lowest BCUT2D eigenvalue weighted by atomic mass is 9.65. The fraction of sp³-hybridized carbons (Fsp3) is 0.643. The minimum atomic E-state index is 0.437. The first kappa shape index (κ1) is 25.7. The maximum atomic E-state index is 5.31. The summed E-state index contributed by atoms with van der Waals surface area (Å²) in [5.41, 5.74) is 7.09. The Labute approximate surface area is 181 Å². The van der Waals surface area contributed by atoms with Gasteiger partial charge in [0.25, 0.3) is 0 Å². The van der Waals surface area contributed by atoms with E-state index in [2.05, 4.69) is 79.8 Å². The van der Waals surface area contributed by atoms with Crippen LogP contribution >= 0.6 is 0 Å². The number of rotatable bonds is 13. The van der Waals surface area contributed by atoms with Crippen LogP contribution in [0.1, 0.15) is 82.9 Å². The van der Waals surface area contributed by atoms with Gasteiger partial charge in [-0.05, 0) is 79.4 Å². The van der Waals surface area contributed by atoms with Gasteiger partial charge in [-0.25, -0.2) is 0 Å². The molecule has 0 aliphatic heterocycles. The van der Waals surface area contributed by atoms with E-state index in [1.54, 1.807) is 7.11 Å². The van der Waals surface area contributed by atoms with Crippen molar-refractivity contribution in [2.45, 2.75) is 80.1 Å². The fourth-order valence-electron chi connectivity index (χ4n) is 4.66. The van der Waals surface area contributed by atoms with Crippen LogP contribution in [0, 0.1) is 37.5 Å². The van der Waals surface area contributed by atoms with Crippen LogP contribution in [0.3, 0.4) is 0 Å². The molecule has 0 fully saturated rings. The number of aryl methyl sites for hydroxylation is 1. The molecule has 0 bridgehead atoms. The second-order valence-corrected chi connectivity index (χ2v) is 9.38. The third kappa shape index (κ3) is 6.85. The highest BCUT2D eigenvalue weighted by atomic mass is 16.5. The van der Waals surface area contributed by atoms with E-state index in [4.69, 9.17) is 4.74 Å². The summed E-state index contributed by atoms with van der Waals surface area (Å²) >= 11 is 0. The SMILES string of the molecule is C=C(C(C)C)[C@@H](CC)[C@@H](c1cccc(C)c1C)[C@@H](CCCCOC)C(=C)C(C)C. The number of hydrogen-bond acceptors (Lipinski definition) is 1. The fourth-order valence-corrected chi connectivity index (χ4v) is 4.66. The van der Waals surface area contributed by atoms with E-state index in [-0.39, 0.29) is 0 Å². The summed E-state index contributed by atoms with van der Waals surface area (Å²) in [6.45, 7) is 26.0. The Morgan fingerprint density at radius 1 is 0.931 bits per heavy atom. The molecule has 0 spiro atoms. The van der Waals surface area contributed by atoms with Crippen molar-refractivity contribution in [1.29, 1.82) is 0 Å². The average Bonchev–Trinajstić information content (AvgIpc) is 2.68. The Kier molecular flexibility index (Phi) is 11.0. The standard InChI is InChI=1S/C28H46O/c1-11-25(22(7)19(2)3)28(27-17-14-15-21(6)24(27)9)26(23(8)20(4)5)16-12-13-18-29-10/h14-15,17,19-20,25-26,28H,7-8,11-13,16,18H2,1-6,9-10H3/t25-,26+,28-/m1/s1. The number of methoxy groups -OCH3 is 1. The normalized spacial score (nSPS) is 14.8. The highest BCUT2D eigenvalue weighted by molar-refractivity contribution is 5.39. The number of allylic oxidation sites excluding steroid dienone is 2. The predicted molar refractivity (Wildman–Crippen MR) is 130 cm³/mol. The van der Waals surface area contributed by atoms with E-state index in [0.29, 0.717) is 29.6 Å². The van der Waals surface area contributed by atoms with Crippen LogP contribution in [0.15, 0.2) is 42.5 Å². The summed E-state index contributed by atoms with van der Waals surface area (Å²) in [6, 6.07) is 6.83. The van der Waals surface area contributed by atoms with Gasteiger partial charge < -0.3 is 4.74 Å². The van der Waals surface area contributed by atoms with Gasteiger partial charge in [-0.2, -0.15) is 0 Å². The Balaban J connectivity index is 3.51. The molecule has 1 aromatic carbocycles. The summed E-state index contributed by atoms with van der Waals surface area (Å²) in [6.07, 6.45) is 4.57. The van der Waals surface area contributed by atoms with E-state index < -0.39 is 0 Å². The number of benzene rings is 1. The number of hydrogen-bond donors (Lipinski definition) is 0. The summed E-state index contributed by atoms with van der Waals surface area (Å²) < 4.78 is 5.31. The van der Waals surface area contributed by atoms with E-state index in [9.17, 15) is 0 Å². The van der Waals surface area contributed by atoms with Gasteiger partial charge in [-0.15, -0.1) is 0 Å². The van der Waals surface area contributed by atoms with Gasteiger partial charge in [-0.1, -0.05) is 83.5 Å². The molecular weight excluding hydrogens is 352 g/mol. The molecule has 3 atom stereocenters. The van der Waals surface area contributed by atoms with Crippen LogP contribution in [-0.4, -0.2) is 13.7 Å². The van der Waals surface area contributed by atoms with Crippen LogP contribution in [-0.2, 0) is 4.74 Å². The van der Waals surface area contributed by atoms with Crippen LogP contribution in [0.2, 0.25) is 0 Å². The zero-order chi connectivity index (χ0) is 22.1. The molecule has 0 saturated carbocycles. The van der Waals surface area contributed by atoms with E-state index in [0.717, 1.165) is 19.4 Å². The highest BCUT2D eigenvalue weighted by Crippen LogP contribution is 2.47. The molecule has 0 aliphatic rings. The summed E-state index contributed by atoms with van der Waals surface area (Å²) in [4.78, 5) is 0. The van der Waals surface area contributed by atoms with Crippen LogP contribution in [0.4, 0.5) is 0 Å². The molecule has 1 aromatic rings. The lowest BCUT2D eigenvalue weighted by Crippen LogP contribution is -2.28. The van der Waals surface area contributed by atoms with Crippen molar-refractivity contribution in [1.82, 2.24) is 0 Å². The van der Waals surface area contributed by atoms with E-state index in [1.165, 1.54) is 40.7 Å². The van der Waals surface area contributed by atoms with Crippen LogP contribution < -0.4 is 0 Å². The molecule has 0 N–H and O–H groups in total. The molecule has 0 radical (unpaired) electrons. The van der Waals surface area contributed by atoms with Crippen LogP contribution in [0.5, 0.6) is 0 Å². The minimum Gasteiger partial charge on any atom is -0.385 e. The summed E-state index contributed by atoms with van der Waals surface area (Å²) in [5, 5.41) is 0. The maximum Gasteiger partial charge on any atom is 0.0462 e. The number of ether oxygens (including phenoxy) is 1. The molecule has 0 saturated heterocycles. The molecule has 1 rings (SSSR count). The first-order valence-electron chi connectivity index (χ1n) is 11.6. The summed E-state index contributed by atoms with van der Waals surface area (Å²) in [5.74, 6) is 2.35. The van der Waals surface area contributed by atoms with Crippen molar-refractivity contribution in [3.63, 3.8) is 0 Å². The Morgan fingerprint density at radius 2 is 1.52 bits per heavy atom. The van der Waals surface area contributed by atoms with Gasteiger partial charge >= 0.3 is 0 Å². The van der Waals surface area contributed by atoms with Crippen molar-refractivity contribution in [3.05, 3.63) is 59.2 Å². The van der Waals surface area contributed by atoms with Gasteiger partial charge in [0.15, 0.2) is 0 Å². The lowest BCUT2D eigenvalue weighted by molar-refractivity contribution is 0.188. The lowest BCUT2D eigenvalue weighted by Gasteiger charge is -2.39. The van der Waals surface area contributed by atoms with Gasteiger partial charge in [0.1, 0.15) is 0 Å². The Hall–Kier alpha value is -1.34. The molecule has 0 heterocycles. The van der Waals surface area contributed by atoms with Gasteiger partial charge in [0.05, 0.1) is 0 Å². The van der Waals surface area contributed by atoms with Crippen molar-refractivity contribution in [2.24, 2.45) is 23.7 Å². The minimum absolute atomic E-state index is 0.437. The molecule has 0 amide bonds. The van der Waals surface area contributed by atoms with Gasteiger partial charge in [0, 0.05) is 13.7 Å². The number of unbranched alkanes of at least 4 members (excludes halogenated alkanes) is 1. The second kappa shape index (κ2) is 12.4. The van der Waals surface area contributed by atoms with Crippen molar-refractivity contribution in [2.75, 3.05) is 13.7 Å². The van der Waals surface area contributed by atoms with E-state index in [1.807, 2.05) is 0 Å². The van der Waals surface area contributed by atoms with Gasteiger partial charge in [0.2, 0.25) is 0 Å². The van der Waals surface area contributed by atoms with Crippen molar-refractivity contribution < 1.29 is 4.74 Å². The molecule has 0 aromatic heterocycles. The first-order chi connectivity index (χ1) is 13.7. The second-order valence-electron chi connectivity index (χ2n) is 9.38. The van der Waals surface area contributed by atoms with E-state index >= 15 is 0 Å². The first-order valence-corrected chi connectivity index (χ1v) is 11.6. The maximum absolute atomic E-state index is 5.31. The quantitative estimate of drug-likeness (QED) is 0.240. The Bertz CT molecular complexity index is 652. The molecule has 0 unspecified atom stereocenters. The largest absolute Gasteiger partial charge is 0.385 e. The monoisotopic (exact) mass is 398 g/mol. The predicted octanol–water partition coefficient (Wildman–Crippen LogP) is 8.27. The zero-order valence-corrected chi connectivity index (χ0v) is 20.5. The van der Waals surface area contributed by atoms with Crippen LogP contribution in [0.25, 0.3) is 0 Å². The topological polar surface area (TPSA) is 9.23 Å². The molecule has 0 aliphatic carbocycles. The highest BCUT2D eigenvalue weighted by Gasteiger charge is 2.35. The molecule has 1 heteroatoms. The third-order valence-corrected chi connectivity index (χ3v) is 6.86. The Morgan fingerprint density at radius 3 is 2.03 bits per heavy atom. The molecule has 29 heavy (non-hydrogen) atoms. The summed E-state index contributed by atoms with van der Waals surface area (Å²) in [7, 11) is 1.79. The molecule has 1 nitrogen and oxygen atoms in total.